The second kappa shape index (κ2) is 8.65. The number of hydrogen-bond acceptors (Lipinski definition) is 5. The van der Waals surface area contributed by atoms with Gasteiger partial charge in [0.05, 0.1) is 10.6 Å². The summed E-state index contributed by atoms with van der Waals surface area (Å²) in [5, 5.41) is 5.62. The van der Waals surface area contributed by atoms with E-state index in [2.05, 4.69) is 53.2 Å². The number of thiophene rings is 1. The molecule has 1 fully saturated rings. The summed E-state index contributed by atoms with van der Waals surface area (Å²) < 4.78 is 28.9. The Morgan fingerprint density at radius 2 is 1.68 bits per heavy atom. The lowest BCUT2D eigenvalue weighted by Crippen LogP contribution is -2.54. The molecule has 2 atom stereocenters. The summed E-state index contributed by atoms with van der Waals surface area (Å²) >= 11 is 1.66. The quantitative estimate of drug-likeness (QED) is 0.567. The number of benzene rings is 2. The molecule has 1 aromatic heterocycles. The third-order valence-electron chi connectivity index (χ3n) is 5.57. The van der Waals surface area contributed by atoms with E-state index in [0.29, 0.717) is 17.8 Å². The Labute approximate surface area is 189 Å². The number of nitrogens with zero attached hydrogens (tertiary/aromatic N) is 1. The fourth-order valence-corrected chi connectivity index (χ4v) is 6.07. The van der Waals surface area contributed by atoms with Crippen LogP contribution >= 0.6 is 11.3 Å². The predicted molar refractivity (Wildman–Crippen MR) is 131 cm³/mol. The van der Waals surface area contributed by atoms with Gasteiger partial charge in [0, 0.05) is 35.7 Å². The van der Waals surface area contributed by atoms with Gasteiger partial charge in [-0.05, 0) is 80.1 Å². The average Bonchev–Trinajstić information content (AvgIpc) is 3.15. The van der Waals surface area contributed by atoms with Gasteiger partial charge in [-0.15, -0.1) is 11.3 Å². The number of piperazine rings is 1. The molecule has 2 unspecified atom stereocenters. The lowest BCUT2D eigenvalue weighted by Gasteiger charge is -2.38. The fraction of sp³-hybridized carbons (Fsp3) is 0.333. The van der Waals surface area contributed by atoms with Crippen LogP contribution in [0.15, 0.2) is 58.8 Å². The molecule has 2 aromatic carbocycles. The minimum atomic E-state index is -3.68. The van der Waals surface area contributed by atoms with Crippen molar-refractivity contribution in [3.63, 3.8) is 0 Å². The molecule has 0 amide bonds. The number of nitrogens with one attached hydrogen (secondary N) is 2. The predicted octanol–water partition coefficient (Wildman–Crippen LogP) is 5.02. The van der Waals surface area contributed by atoms with Gasteiger partial charge in [-0.2, -0.15) is 0 Å². The molecule has 1 aliphatic rings. The van der Waals surface area contributed by atoms with Gasteiger partial charge in [0.1, 0.15) is 0 Å². The molecule has 7 heteroatoms. The molecule has 2 N–H and O–H groups in total. The van der Waals surface area contributed by atoms with E-state index in [1.807, 2.05) is 31.2 Å². The number of aryl methyl sites for hydroxylation is 2. The molecule has 2 heterocycles. The van der Waals surface area contributed by atoms with E-state index in [9.17, 15) is 8.42 Å². The highest BCUT2D eigenvalue weighted by Crippen LogP contribution is 2.30. The van der Waals surface area contributed by atoms with Crippen molar-refractivity contribution in [2.24, 2.45) is 0 Å². The maximum absolute atomic E-state index is 13.1. The molecule has 1 saturated heterocycles. The summed E-state index contributed by atoms with van der Waals surface area (Å²) in [7, 11) is -3.68. The molecule has 31 heavy (non-hydrogen) atoms. The monoisotopic (exact) mass is 455 g/mol. The minimum Gasteiger partial charge on any atom is -0.368 e. The normalized spacial score (nSPS) is 19.4. The molecule has 0 radical (unpaired) electrons. The third-order valence-corrected chi connectivity index (χ3v) is 8.05. The van der Waals surface area contributed by atoms with E-state index in [4.69, 9.17) is 0 Å². The summed E-state index contributed by atoms with van der Waals surface area (Å²) in [6.07, 6.45) is 0. The van der Waals surface area contributed by atoms with Crippen LogP contribution in [0.3, 0.4) is 0 Å². The van der Waals surface area contributed by atoms with Gasteiger partial charge in [0.15, 0.2) is 0 Å². The first-order chi connectivity index (χ1) is 14.7. The van der Waals surface area contributed by atoms with Gasteiger partial charge < -0.3 is 10.2 Å². The minimum absolute atomic E-state index is 0.263. The van der Waals surface area contributed by atoms with Crippen molar-refractivity contribution in [3.8, 4) is 10.4 Å². The number of sulfonamides is 1. The van der Waals surface area contributed by atoms with Crippen LogP contribution in [0.1, 0.15) is 25.0 Å². The van der Waals surface area contributed by atoms with Gasteiger partial charge in [0.2, 0.25) is 0 Å². The fourth-order valence-electron chi connectivity index (χ4n) is 4.04. The van der Waals surface area contributed by atoms with Crippen molar-refractivity contribution in [1.29, 1.82) is 0 Å². The molecule has 164 valence electrons. The van der Waals surface area contributed by atoms with E-state index >= 15 is 0 Å². The summed E-state index contributed by atoms with van der Waals surface area (Å²) in [4.78, 5) is 3.71. The molecule has 3 aromatic rings. The Hall–Kier alpha value is -2.35. The van der Waals surface area contributed by atoms with Crippen LogP contribution in [0.2, 0.25) is 0 Å². The summed E-state index contributed by atoms with van der Waals surface area (Å²) in [6, 6.07) is 15.9. The molecule has 5 nitrogen and oxygen atoms in total. The first-order valence-electron chi connectivity index (χ1n) is 10.5. The molecule has 0 aliphatic carbocycles. The summed E-state index contributed by atoms with van der Waals surface area (Å²) in [5.74, 6) is 0. The van der Waals surface area contributed by atoms with Crippen molar-refractivity contribution in [1.82, 2.24) is 5.32 Å². The van der Waals surface area contributed by atoms with E-state index in [1.54, 1.807) is 23.5 Å². The van der Waals surface area contributed by atoms with Crippen LogP contribution in [0, 0.1) is 13.8 Å². The molecule has 1 aliphatic heterocycles. The van der Waals surface area contributed by atoms with E-state index in [0.717, 1.165) is 34.8 Å². The van der Waals surface area contributed by atoms with Gasteiger partial charge in [-0.1, -0.05) is 18.2 Å². The van der Waals surface area contributed by atoms with Gasteiger partial charge in [0.25, 0.3) is 10.0 Å². The first kappa shape index (κ1) is 21.9. The zero-order chi connectivity index (χ0) is 22.2. The van der Waals surface area contributed by atoms with Crippen LogP contribution in [-0.4, -0.2) is 33.6 Å². The first-order valence-corrected chi connectivity index (χ1v) is 12.9. The molecular formula is C24H29N3O2S2. The maximum Gasteiger partial charge on any atom is 0.261 e. The molecule has 4 rings (SSSR count). The Morgan fingerprint density at radius 1 is 1.00 bits per heavy atom. The molecule has 0 saturated carbocycles. The van der Waals surface area contributed by atoms with Gasteiger partial charge >= 0.3 is 0 Å². The van der Waals surface area contributed by atoms with Crippen molar-refractivity contribution in [3.05, 3.63) is 65.0 Å². The van der Waals surface area contributed by atoms with E-state index in [1.165, 1.54) is 5.56 Å². The van der Waals surface area contributed by atoms with Crippen LogP contribution in [0.4, 0.5) is 11.4 Å². The summed E-state index contributed by atoms with van der Waals surface area (Å²) in [5.41, 5.74) is 4.79. The van der Waals surface area contributed by atoms with Crippen molar-refractivity contribution in [2.75, 3.05) is 22.7 Å². The Balaban J connectivity index is 1.56. The Morgan fingerprint density at radius 3 is 2.29 bits per heavy atom. The standard InChI is InChI=1S/C24H29N3O2S2/c1-16-11-24(30-15-16)20-6-9-22(10-7-20)31(28,29)26-23-12-21(8-5-17(23)2)27-13-18(3)25-19(4)14-27/h5-12,15,18-19,25-26H,13-14H2,1-4H3. The van der Waals surface area contributed by atoms with Crippen LogP contribution in [0.5, 0.6) is 0 Å². The van der Waals surface area contributed by atoms with Crippen molar-refractivity contribution < 1.29 is 8.42 Å². The third kappa shape index (κ3) is 4.95. The maximum atomic E-state index is 13.1. The van der Waals surface area contributed by atoms with Crippen LogP contribution in [0.25, 0.3) is 10.4 Å². The lowest BCUT2D eigenvalue weighted by molar-refractivity contribution is 0.407. The average molecular weight is 456 g/mol. The van der Waals surface area contributed by atoms with Crippen LogP contribution < -0.4 is 14.9 Å². The molecule has 0 bridgehead atoms. The Bertz CT molecular complexity index is 1160. The summed E-state index contributed by atoms with van der Waals surface area (Å²) in [6.45, 7) is 10.1. The highest BCUT2D eigenvalue weighted by Gasteiger charge is 2.22. The highest BCUT2D eigenvalue weighted by atomic mass is 32.2. The highest BCUT2D eigenvalue weighted by molar-refractivity contribution is 7.92. The van der Waals surface area contributed by atoms with Crippen molar-refractivity contribution in [2.45, 2.75) is 44.7 Å². The molecular weight excluding hydrogens is 426 g/mol. The molecule has 0 spiro atoms. The van der Waals surface area contributed by atoms with Gasteiger partial charge in [-0.3, -0.25) is 4.72 Å². The number of anilines is 2. The Kier molecular flexibility index (Phi) is 6.10. The zero-order valence-electron chi connectivity index (χ0n) is 18.3. The lowest BCUT2D eigenvalue weighted by atomic mass is 10.1. The van der Waals surface area contributed by atoms with E-state index < -0.39 is 10.0 Å². The topological polar surface area (TPSA) is 61.4 Å². The number of hydrogen-bond donors (Lipinski definition) is 2. The van der Waals surface area contributed by atoms with E-state index in [-0.39, 0.29) is 4.90 Å². The van der Waals surface area contributed by atoms with Crippen molar-refractivity contribution >= 4 is 32.7 Å². The smallest absolute Gasteiger partial charge is 0.261 e. The second-order valence-corrected chi connectivity index (χ2v) is 11.1. The number of rotatable bonds is 5. The zero-order valence-corrected chi connectivity index (χ0v) is 20.0. The van der Waals surface area contributed by atoms with Gasteiger partial charge in [-0.25, -0.2) is 8.42 Å². The van der Waals surface area contributed by atoms with Crippen LogP contribution in [-0.2, 0) is 10.0 Å². The largest absolute Gasteiger partial charge is 0.368 e. The second-order valence-electron chi connectivity index (χ2n) is 8.49. The SMILES string of the molecule is Cc1csc(-c2ccc(S(=O)(=O)Nc3cc(N4CC(C)NC(C)C4)ccc3C)cc2)c1.